The zero-order chi connectivity index (χ0) is 18.8. The minimum absolute atomic E-state index is 0.114. The number of anilines is 1. The number of rotatable bonds is 3. The maximum atomic E-state index is 12.7. The molecule has 6 nitrogen and oxygen atoms in total. The molecule has 0 spiro atoms. The molecule has 4 rings (SSSR count). The number of benzene rings is 2. The Hall–Kier alpha value is -3.28. The van der Waals surface area contributed by atoms with Gasteiger partial charge in [0.1, 0.15) is 11.6 Å². The quantitative estimate of drug-likeness (QED) is 0.773. The number of amides is 2. The van der Waals surface area contributed by atoms with Crippen LogP contribution in [0.4, 0.5) is 10.5 Å². The van der Waals surface area contributed by atoms with Gasteiger partial charge in [0.05, 0.1) is 25.0 Å². The van der Waals surface area contributed by atoms with Crippen molar-refractivity contribution in [3.8, 4) is 17.1 Å². The van der Waals surface area contributed by atoms with Gasteiger partial charge >= 0.3 is 6.03 Å². The van der Waals surface area contributed by atoms with Crippen molar-refractivity contribution in [1.29, 1.82) is 0 Å². The van der Waals surface area contributed by atoms with Crippen LogP contribution in [0.2, 0.25) is 0 Å². The first-order chi connectivity index (χ1) is 13.2. The summed E-state index contributed by atoms with van der Waals surface area (Å²) in [5.74, 6) is 1.66. The van der Waals surface area contributed by atoms with E-state index in [1.807, 2.05) is 54.4 Å². The van der Waals surface area contributed by atoms with E-state index in [-0.39, 0.29) is 6.03 Å². The van der Waals surface area contributed by atoms with Crippen molar-refractivity contribution >= 4 is 11.7 Å². The Kier molecular flexibility index (Phi) is 4.54. The summed E-state index contributed by atoms with van der Waals surface area (Å²) >= 11 is 0. The van der Waals surface area contributed by atoms with Gasteiger partial charge in [-0.25, -0.2) is 9.78 Å². The fourth-order valence-corrected chi connectivity index (χ4v) is 3.41. The molecule has 27 heavy (non-hydrogen) atoms. The summed E-state index contributed by atoms with van der Waals surface area (Å²) in [6.07, 6.45) is 0.752. The summed E-state index contributed by atoms with van der Waals surface area (Å²) in [4.78, 5) is 19.3. The van der Waals surface area contributed by atoms with Gasteiger partial charge in [-0.05, 0) is 12.1 Å². The molecule has 1 aromatic heterocycles. The van der Waals surface area contributed by atoms with Crippen LogP contribution < -0.4 is 10.1 Å². The molecule has 0 saturated carbocycles. The molecule has 0 saturated heterocycles. The zero-order valence-corrected chi connectivity index (χ0v) is 15.5. The number of imidazole rings is 1. The number of carbonyl (C=O) groups excluding carboxylic acids is 1. The van der Waals surface area contributed by atoms with Crippen LogP contribution in [0.1, 0.15) is 11.4 Å². The van der Waals surface area contributed by atoms with Crippen LogP contribution in [-0.2, 0) is 20.0 Å². The summed E-state index contributed by atoms with van der Waals surface area (Å²) in [6, 6.07) is 17.4. The second-order valence-electron chi connectivity index (χ2n) is 6.59. The lowest BCUT2D eigenvalue weighted by atomic mass is 10.1. The molecule has 1 aliphatic rings. The number of aromatic nitrogens is 2. The molecule has 0 atom stereocenters. The Morgan fingerprint density at radius 1 is 1.15 bits per heavy atom. The molecule has 2 aromatic carbocycles. The van der Waals surface area contributed by atoms with E-state index in [4.69, 9.17) is 9.72 Å². The minimum atomic E-state index is -0.114. The average Bonchev–Trinajstić information content (AvgIpc) is 3.05. The highest BCUT2D eigenvalue weighted by atomic mass is 16.5. The van der Waals surface area contributed by atoms with Crippen molar-refractivity contribution in [3.63, 3.8) is 0 Å². The molecule has 0 bridgehead atoms. The Labute approximate surface area is 158 Å². The molecule has 1 N–H and O–H groups in total. The van der Waals surface area contributed by atoms with E-state index < -0.39 is 0 Å². The fourth-order valence-electron chi connectivity index (χ4n) is 3.41. The number of hydrogen-bond donors (Lipinski definition) is 1. The highest BCUT2D eigenvalue weighted by Gasteiger charge is 2.26. The van der Waals surface area contributed by atoms with E-state index >= 15 is 0 Å². The van der Waals surface area contributed by atoms with Gasteiger partial charge in [0.2, 0.25) is 0 Å². The predicted octanol–water partition coefficient (Wildman–Crippen LogP) is 3.69. The van der Waals surface area contributed by atoms with Gasteiger partial charge in [0.25, 0.3) is 0 Å². The number of methoxy groups -OCH3 is 1. The van der Waals surface area contributed by atoms with Crippen molar-refractivity contribution in [2.45, 2.75) is 13.0 Å². The number of ether oxygens (including phenoxy) is 1. The van der Waals surface area contributed by atoms with Crippen molar-refractivity contribution < 1.29 is 9.53 Å². The first kappa shape index (κ1) is 17.1. The third kappa shape index (κ3) is 3.38. The molecule has 0 fully saturated rings. The summed E-state index contributed by atoms with van der Waals surface area (Å²) in [7, 11) is 3.62. The van der Waals surface area contributed by atoms with Crippen LogP contribution in [0, 0.1) is 0 Å². The number of fused-ring (bicyclic) bond motifs is 1. The Balaban J connectivity index is 1.52. The lowest BCUT2D eigenvalue weighted by Crippen LogP contribution is -2.39. The maximum Gasteiger partial charge on any atom is 0.322 e. The number of urea groups is 1. The Morgan fingerprint density at radius 3 is 2.74 bits per heavy atom. The molecular weight excluding hydrogens is 340 g/mol. The monoisotopic (exact) mass is 362 g/mol. The van der Waals surface area contributed by atoms with Crippen LogP contribution in [-0.4, -0.2) is 34.1 Å². The topological polar surface area (TPSA) is 59.4 Å². The summed E-state index contributed by atoms with van der Waals surface area (Å²) in [5.41, 5.74) is 3.96. The third-order valence-corrected chi connectivity index (χ3v) is 4.90. The number of hydrogen-bond acceptors (Lipinski definition) is 3. The van der Waals surface area contributed by atoms with Crippen LogP contribution in [0.25, 0.3) is 11.4 Å². The first-order valence-electron chi connectivity index (χ1n) is 8.95. The van der Waals surface area contributed by atoms with E-state index in [0.717, 1.165) is 34.9 Å². The Morgan fingerprint density at radius 2 is 1.96 bits per heavy atom. The second kappa shape index (κ2) is 7.15. The standard InChI is InChI=1S/C21H22N4O2/c1-24-19-14-25(21(26)22-16-9-6-10-17(13-16)27-2)12-11-18(19)23-20(24)15-7-4-3-5-8-15/h3-10,13H,11-12,14H2,1-2H3,(H,22,26). The van der Waals surface area contributed by atoms with E-state index in [2.05, 4.69) is 22.0 Å². The van der Waals surface area contributed by atoms with E-state index in [1.54, 1.807) is 7.11 Å². The Bertz CT molecular complexity index is 966. The largest absolute Gasteiger partial charge is 0.497 e. The van der Waals surface area contributed by atoms with Gasteiger partial charge in [0, 0.05) is 37.3 Å². The molecule has 138 valence electrons. The van der Waals surface area contributed by atoms with Crippen LogP contribution in [0.3, 0.4) is 0 Å². The maximum absolute atomic E-state index is 12.7. The van der Waals surface area contributed by atoms with Crippen molar-refractivity contribution in [2.24, 2.45) is 7.05 Å². The van der Waals surface area contributed by atoms with Gasteiger partial charge in [-0.3, -0.25) is 0 Å². The van der Waals surface area contributed by atoms with Gasteiger partial charge in [-0.1, -0.05) is 36.4 Å². The zero-order valence-electron chi connectivity index (χ0n) is 15.5. The van der Waals surface area contributed by atoms with Crippen LogP contribution in [0.5, 0.6) is 5.75 Å². The van der Waals surface area contributed by atoms with E-state index in [9.17, 15) is 4.79 Å². The molecule has 1 aliphatic heterocycles. The first-order valence-corrected chi connectivity index (χ1v) is 8.95. The summed E-state index contributed by atoms with van der Waals surface area (Å²) < 4.78 is 7.31. The predicted molar refractivity (Wildman–Crippen MR) is 105 cm³/mol. The molecule has 2 amide bonds. The van der Waals surface area contributed by atoms with Gasteiger partial charge in [-0.15, -0.1) is 0 Å². The van der Waals surface area contributed by atoms with E-state index in [0.29, 0.717) is 18.8 Å². The van der Waals surface area contributed by atoms with Crippen molar-refractivity contribution in [1.82, 2.24) is 14.5 Å². The SMILES string of the molecule is COc1cccc(NC(=O)N2CCc3nc(-c4ccccc4)n(C)c3C2)c1. The summed E-state index contributed by atoms with van der Waals surface area (Å²) in [5, 5.41) is 2.95. The third-order valence-electron chi connectivity index (χ3n) is 4.90. The van der Waals surface area contributed by atoms with Gasteiger partial charge in [0.15, 0.2) is 0 Å². The molecule has 2 heterocycles. The van der Waals surface area contributed by atoms with Crippen molar-refractivity contribution in [3.05, 3.63) is 66.0 Å². The van der Waals surface area contributed by atoms with Gasteiger partial charge < -0.3 is 19.5 Å². The average molecular weight is 362 g/mol. The van der Waals surface area contributed by atoms with Gasteiger partial charge in [-0.2, -0.15) is 0 Å². The smallest absolute Gasteiger partial charge is 0.322 e. The normalized spacial score (nSPS) is 13.2. The van der Waals surface area contributed by atoms with Crippen LogP contribution in [0.15, 0.2) is 54.6 Å². The lowest BCUT2D eigenvalue weighted by Gasteiger charge is -2.27. The minimum Gasteiger partial charge on any atom is -0.497 e. The molecular formula is C21H22N4O2. The van der Waals surface area contributed by atoms with E-state index in [1.165, 1.54) is 0 Å². The molecule has 0 aliphatic carbocycles. The number of carbonyl (C=O) groups is 1. The van der Waals surface area contributed by atoms with Crippen molar-refractivity contribution in [2.75, 3.05) is 19.0 Å². The highest BCUT2D eigenvalue weighted by molar-refractivity contribution is 5.89. The molecule has 6 heteroatoms. The van der Waals surface area contributed by atoms with Crippen LogP contribution >= 0.6 is 0 Å². The number of nitrogens with one attached hydrogen (secondary N) is 1. The fraction of sp³-hybridized carbons (Fsp3) is 0.238. The molecule has 0 unspecified atom stereocenters. The summed E-state index contributed by atoms with van der Waals surface area (Å²) in [6.45, 7) is 1.19. The molecule has 0 radical (unpaired) electrons. The highest BCUT2D eigenvalue weighted by Crippen LogP contribution is 2.26. The second-order valence-corrected chi connectivity index (χ2v) is 6.59. The number of nitrogens with zero attached hydrogens (tertiary/aromatic N) is 3. The molecule has 3 aromatic rings. The lowest BCUT2D eigenvalue weighted by molar-refractivity contribution is 0.204.